The predicted molar refractivity (Wildman–Crippen MR) is 81.6 cm³/mol. The summed E-state index contributed by atoms with van der Waals surface area (Å²) in [4.78, 5) is 6.55. The van der Waals surface area contributed by atoms with Gasteiger partial charge in [-0.3, -0.25) is 0 Å². The Hall–Kier alpha value is -1.03. The van der Waals surface area contributed by atoms with Crippen LogP contribution in [0.2, 0.25) is 0 Å². The van der Waals surface area contributed by atoms with E-state index in [-0.39, 0.29) is 12.1 Å². The molecule has 0 saturated heterocycles. The van der Waals surface area contributed by atoms with Crippen molar-refractivity contribution in [3.8, 4) is 0 Å². The number of halogens is 2. The Morgan fingerprint density at radius 3 is 2.71 bits per heavy atom. The number of hydrogen-bond acceptors (Lipinski definition) is 2. The molecule has 0 amide bonds. The fraction of sp³-hybridized carbons (Fsp3) is 0.706. The first kappa shape index (κ1) is 16.3. The molecule has 118 valence electrons. The lowest BCUT2D eigenvalue weighted by Crippen LogP contribution is -2.29. The van der Waals surface area contributed by atoms with Gasteiger partial charge in [0.15, 0.2) is 0 Å². The maximum absolute atomic E-state index is 14.5. The van der Waals surface area contributed by atoms with Crippen molar-refractivity contribution in [1.82, 2.24) is 9.88 Å². The molecule has 0 saturated carbocycles. The zero-order valence-electron chi connectivity index (χ0n) is 13.5. The van der Waals surface area contributed by atoms with Crippen molar-refractivity contribution in [1.29, 1.82) is 0 Å². The number of fused-ring (bicyclic) bond motifs is 1. The van der Waals surface area contributed by atoms with Crippen LogP contribution in [0.1, 0.15) is 56.1 Å². The van der Waals surface area contributed by atoms with Gasteiger partial charge in [0.05, 0.1) is 5.69 Å². The quantitative estimate of drug-likeness (QED) is 0.811. The Kier molecular flexibility index (Phi) is 4.97. The molecule has 0 aliphatic carbocycles. The van der Waals surface area contributed by atoms with Crippen LogP contribution in [0, 0.1) is 5.92 Å². The summed E-state index contributed by atoms with van der Waals surface area (Å²) in [7, 11) is 2.01. The first-order valence-electron chi connectivity index (χ1n) is 7.92. The van der Waals surface area contributed by atoms with Gasteiger partial charge in [-0.2, -0.15) is 8.78 Å². The van der Waals surface area contributed by atoms with E-state index in [0.29, 0.717) is 25.3 Å². The Labute approximate surface area is 126 Å². The molecule has 1 aliphatic heterocycles. The van der Waals surface area contributed by atoms with Crippen LogP contribution in [-0.2, 0) is 25.3 Å². The van der Waals surface area contributed by atoms with Gasteiger partial charge in [-0.15, -0.1) is 0 Å². The Morgan fingerprint density at radius 2 is 2.10 bits per heavy atom. The van der Waals surface area contributed by atoms with E-state index < -0.39 is 5.92 Å². The van der Waals surface area contributed by atoms with Gasteiger partial charge in [-0.05, 0) is 36.9 Å². The number of likely N-dealkylation sites (N-methyl/N-ethyl adjacent to an activating group) is 1. The standard InChI is InChI=1S/C17H26F2N2/c1-5-7-17(18,19)16-14(9-12(2)3)10-13-6-8-21(4)11-15(13)20-16/h10,12H,5-9,11H2,1-4H3. The lowest BCUT2D eigenvalue weighted by atomic mass is 9.93. The maximum Gasteiger partial charge on any atom is 0.289 e. The zero-order chi connectivity index (χ0) is 15.6. The lowest BCUT2D eigenvalue weighted by Gasteiger charge is -2.28. The second-order valence-electron chi connectivity index (χ2n) is 6.64. The van der Waals surface area contributed by atoms with Gasteiger partial charge in [0.25, 0.3) is 5.92 Å². The summed E-state index contributed by atoms with van der Waals surface area (Å²) in [6.07, 6.45) is 1.92. The summed E-state index contributed by atoms with van der Waals surface area (Å²) in [5, 5.41) is 0. The number of rotatable bonds is 5. The molecule has 0 spiro atoms. The Bertz CT molecular complexity index is 498. The molecular weight excluding hydrogens is 270 g/mol. The minimum Gasteiger partial charge on any atom is -0.300 e. The van der Waals surface area contributed by atoms with Crippen molar-refractivity contribution in [3.05, 3.63) is 28.6 Å². The first-order valence-corrected chi connectivity index (χ1v) is 7.92. The monoisotopic (exact) mass is 296 g/mol. The molecule has 0 radical (unpaired) electrons. The summed E-state index contributed by atoms with van der Waals surface area (Å²) < 4.78 is 28.9. The van der Waals surface area contributed by atoms with Crippen molar-refractivity contribution in [2.75, 3.05) is 13.6 Å². The van der Waals surface area contributed by atoms with E-state index in [4.69, 9.17) is 0 Å². The summed E-state index contributed by atoms with van der Waals surface area (Å²) in [6, 6.07) is 1.99. The molecule has 0 atom stereocenters. The smallest absolute Gasteiger partial charge is 0.289 e. The zero-order valence-corrected chi connectivity index (χ0v) is 13.5. The molecule has 1 aromatic rings. The fourth-order valence-electron chi connectivity index (χ4n) is 2.98. The van der Waals surface area contributed by atoms with E-state index in [1.165, 1.54) is 0 Å². The van der Waals surface area contributed by atoms with Gasteiger partial charge in [-0.25, -0.2) is 4.98 Å². The summed E-state index contributed by atoms with van der Waals surface area (Å²) in [5.41, 5.74) is 2.75. The molecule has 2 rings (SSSR count). The van der Waals surface area contributed by atoms with Gasteiger partial charge in [-0.1, -0.05) is 33.3 Å². The largest absolute Gasteiger partial charge is 0.300 e. The summed E-state index contributed by atoms with van der Waals surface area (Å²) in [5.74, 6) is -2.46. The number of hydrogen-bond donors (Lipinski definition) is 0. The van der Waals surface area contributed by atoms with E-state index in [9.17, 15) is 8.78 Å². The van der Waals surface area contributed by atoms with Crippen LogP contribution in [0.15, 0.2) is 6.07 Å². The summed E-state index contributed by atoms with van der Waals surface area (Å²) in [6.45, 7) is 7.57. The number of pyridine rings is 1. The third-order valence-corrected chi connectivity index (χ3v) is 3.99. The van der Waals surface area contributed by atoms with E-state index in [1.807, 2.05) is 13.1 Å². The molecule has 4 heteroatoms. The molecule has 2 nitrogen and oxygen atoms in total. The van der Waals surface area contributed by atoms with E-state index in [0.717, 1.165) is 29.8 Å². The predicted octanol–water partition coefficient (Wildman–Crippen LogP) is 4.16. The molecular formula is C17H26F2N2. The van der Waals surface area contributed by atoms with Crippen molar-refractivity contribution in [2.45, 2.75) is 58.9 Å². The Morgan fingerprint density at radius 1 is 1.38 bits per heavy atom. The maximum atomic E-state index is 14.5. The van der Waals surface area contributed by atoms with Crippen LogP contribution in [0.5, 0.6) is 0 Å². The van der Waals surface area contributed by atoms with Crippen LogP contribution in [0.25, 0.3) is 0 Å². The molecule has 0 aromatic carbocycles. The second kappa shape index (κ2) is 6.39. The highest BCUT2D eigenvalue weighted by molar-refractivity contribution is 5.34. The average Bonchev–Trinajstić information content (AvgIpc) is 2.37. The van der Waals surface area contributed by atoms with Gasteiger partial charge in [0.1, 0.15) is 5.69 Å². The van der Waals surface area contributed by atoms with Crippen molar-refractivity contribution < 1.29 is 8.78 Å². The third-order valence-electron chi connectivity index (χ3n) is 3.99. The summed E-state index contributed by atoms with van der Waals surface area (Å²) >= 11 is 0. The van der Waals surface area contributed by atoms with E-state index in [2.05, 4.69) is 23.7 Å². The highest BCUT2D eigenvalue weighted by atomic mass is 19.3. The molecule has 0 fully saturated rings. The van der Waals surface area contributed by atoms with Crippen molar-refractivity contribution in [2.24, 2.45) is 5.92 Å². The molecule has 0 bridgehead atoms. The third kappa shape index (κ3) is 3.79. The minimum atomic E-state index is -2.82. The van der Waals surface area contributed by atoms with Crippen molar-refractivity contribution >= 4 is 0 Å². The minimum absolute atomic E-state index is 0.0205. The molecule has 1 aliphatic rings. The van der Waals surface area contributed by atoms with Gasteiger partial charge >= 0.3 is 0 Å². The highest BCUT2D eigenvalue weighted by Crippen LogP contribution is 2.36. The fourth-order valence-corrected chi connectivity index (χ4v) is 2.98. The number of alkyl halides is 2. The topological polar surface area (TPSA) is 16.1 Å². The molecule has 21 heavy (non-hydrogen) atoms. The van der Waals surface area contributed by atoms with Crippen LogP contribution >= 0.6 is 0 Å². The molecule has 1 aromatic heterocycles. The average molecular weight is 296 g/mol. The Balaban J connectivity index is 2.47. The highest BCUT2D eigenvalue weighted by Gasteiger charge is 2.36. The second-order valence-corrected chi connectivity index (χ2v) is 6.64. The van der Waals surface area contributed by atoms with Crippen molar-refractivity contribution in [3.63, 3.8) is 0 Å². The van der Waals surface area contributed by atoms with E-state index in [1.54, 1.807) is 6.92 Å². The number of nitrogens with zero attached hydrogens (tertiary/aromatic N) is 2. The van der Waals surface area contributed by atoms with Crippen LogP contribution in [0.3, 0.4) is 0 Å². The molecule has 2 heterocycles. The first-order chi connectivity index (χ1) is 9.83. The van der Waals surface area contributed by atoms with Gasteiger partial charge in [0.2, 0.25) is 0 Å². The van der Waals surface area contributed by atoms with Crippen LogP contribution in [0.4, 0.5) is 8.78 Å². The van der Waals surface area contributed by atoms with Crippen LogP contribution < -0.4 is 0 Å². The van der Waals surface area contributed by atoms with Gasteiger partial charge < -0.3 is 4.90 Å². The van der Waals surface area contributed by atoms with Crippen LogP contribution in [-0.4, -0.2) is 23.5 Å². The van der Waals surface area contributed by atoms with E-state index >= 15 is 0 Å². The normalized spacial score (nSPS) is 16.3. The lowest BCUT2D eigenvalue weighted by molar-refractivity contribution is -0.0198. The molecule has 0 N–H and O–H groups in total. The number of aromatic nitrogens is 1. The van der Waals surface area contributed by atoms with Gasteiger partial charge in [0, 0.05) is 19.5 Å². The molecule has 0 unspecified atom stereocenters. The SMILES string of the molecule is CCCC(F)(F)c1nc2c(cc1CC(C)C)CCN(C)C2.